The largest absolute Gasteiger partial charge is 0.339 e. The van der Waals surface area contributed by atoms with Gasteiger partial charge in [0.2, 0.25) is 0 Å². The van der Waals surface area contributed by atoms with Gasteiger partial charge in [0.05, 0.1) is 10.6 Å². The highest BCUT2D eigenvalue weighted by Gasteiger charge is 2.21. The summed E-state index contributed by atoms with van der Waals surface area (Å²) < 4.78 is 28.8. The van der Waals surface area contributed by atoms with Gasteiger partial charge in [-0.1, -0.05) is 12.1 Å². The van der Waals surface area contributed by atoms with Crippen molar-refractivity contribution < 1.29 is 13.2 Å². The van der Waals surface area contributed by atoms with Gasteiger partial charge in [-0.3, -0.25) is 9.52 Å². The van der Waals surface area contributed by atoms with Crippen LogP contribution in [0.15, 0.2) is 51.8 Å². The third-order valence-corrected chi connectivity index (χ3v) is 6.46. The molecule has 0 aromatic heterocycles. The van der Waals surface area contributed by atoms with Crippen LogP contribution in [0.3, 0.4) is 0 Å². The van der Waals surface area contributed by atoms with E-state index in [4.69, 9.17) is 0 Å². The first kappa shape index (κ1) is 18.9. The van der Waals surface area contributed by atoms with Crippen molar-refractivity contribution in [3.63, 3.8) is 0 Å². The molecule has 0 radical (unpaired) electrons. The Morgan fingerprint density at radius 3 is 2.54 bits per heavy atom. The molecule has 0 unspecified atom stereocenters. The lowest BCUT2D eigenvalue weighted by molar-refractivity contribution is 0.0724. The molecule has 1 saturated heterocycles. The van der Waals surface area contributed by atoms with E-state index in [1.807, 2.05) is 13.0 Å². The van der Waals surface area contributed by atoms with Crippen molar-refractivity contribution in [2.45, 2.75) is 31.1 Å². The van der Waals surface area contributed by atoms with Gasteiger partial charge in [-0.2, -0.15) is 0 Å². The first-order valence-corrected chi connectivity index (χ1v) is 10.8. The summed E-state index contributed by atoms with van der Waals surface area (Å²) in [5.74, 6) is -0.113. The molecular weight excluding hydrogens is 416 g/mol. The van der Waals surface area contributed by atoms with Crippen LogP contribution in [-0.2, 0) is 10.0 Å². The number of hydrogen-bond acceptors (Lipinski definition) is 3. The number of rotatable bonds is 4. The quantitative estimate of drug-likeness (QED) is 0.781. The summed E-state index contributed by atoms with van der Waals surface area (Å²) in [6.45, 7) is 3.34. The minimum atomic E-state index is -3.79. The van der Waals surface area contributed by atoms with E-state index in [1.165, 1.54) is 12.1 Å². The van der Waals surface area contributed by atoms with Crippen molar-refractivity contribution in [1.29, 1.82) is 0 Å². The van der Waals surface area contributed by atoms with Crippen LogP contribution >= 0.6 is 15.9 Å². The Morgan fingerprint density at radius 1 is 1.08 bits per heavy atom. The zero-order chi connectivity index (χ0) is 18.7. The number of sulfonamides is 1. The number of aryl methyl sites for hydroxylation is 1. The topological polar surface area (TPSA) is 66.5 Å². The second-order valence-electron chi connectivity index (χ2n) is 6.47. The maximum atomic E-state index is 12.8. The standard InChI is InChI=1S/C19H21BrN2O3S/c1-14-8-9-17(20)18(12-14)21-26(24,25)16-7-5-6-15(13-16)19(23)22-10-3-2-4-11-22/h5-9,12-13,21H,2-4,10-11H2,1H3. The number of piperidine rings is 1. The number of carbonyl (C=O) groups excluding carboxylic acids is 1. The van der Waals surface area contributed by atoms with E-state index < -0.39 is 10.0 Å². The molecule has 2 aromatic carbocycles. The summed E-state index contributed by atoms with van der Waals surface area (Å²) in [5.41, 5.74) is 1.82. The van der Waals surface area contributed by atoms with Crippen LogP contribution in [0, 0.1) is 6.92 Å². The van der Waals surface area contributed by atoms with Crippen molar-refractivity contribution in [1.82, 2.24) is 4.90 Å². The normalized spacial score (nSPS) is 14.9. The summed E-state index contributed by atoms with van der Waals surface area (Å²) in [5, 5.41) is 0. The number of hydrogen-bond donors (Lipinski definition) is 1. The molecule has 0 atom stereocenters. The van der Waals surface area contributed by atoms with Gasteiger partial charge in [0.25, 0.3) is 15.9 Å². The van der Waals surface area contributed by atoms with Gasteiger partial charge in [-0.25, -0.2) is 8.42 Å². The number of anilines is 1. The Labute approximate surface area is 162 Å². The number of amides is 1. The van der Waals surface area contributed by atoms with Crippen LogP contribution in [-0.4, -0.2) is 32.3 Å². The molecular formula is C19H21BrN2O3S. The Kier molecular flexibility index (Phi) is 5.67. The monoisotopic (exact) mass is 436 g/mol. The van der Waals surface area contributed by atoms with Gasteiger partial charge in [0, 0.05) is 23.1 Å². The van der Waals surface area contributed by atoms with E-state index in [0.717, 1.165) is 37.9 Å². The molecule has 0 bridgehead atoms. The third-order valence-electron chi connectivity index (χ3n) is 4.40. The van der Waals surface area contributed by atoms with Gasteiger partial charge >= 0.3 is 0 Å². The first-order chi connectivity index (χ1) is 12.4. The number of nitrogens with one attached hydrogen (secondary N) is 1. The molecule has 3 rings (SSSR count). The minimum absolute atomic E-state index is 0.0776. The van der Waals surface area contributed by atoms with Crippen molar-refractivity contribution in [3.05, 3.63) is 58.1 Å². The van der Waals surface area contributed by atoms with E-state index >= 15 is 0 Å². The summed E-state index contributed by atoms with van der Waals surface area (Å²) in [6, 6.07) is 11.7. The number of likely N-dealkylation sites (tertiary alicyclic amines) is 1. The molecule has 0 spiro atoms. The van der Waals surface area contributed by atoms with Crippen LogP contribution in [0.5, 0.6) is 0 Å². The van der Waals surface area contributed by atoms with E-state index in [2.05, 4.69) is 20.7 Å². The van der Waals surface area contributed by atoms with E-state index in [1.54, 1.807) is 29.2 Å². The molecule has 1 N–H and O–H groups in total. The lowest BCUT2D eigenvalue weighted by Crippen LogP contribution is -2.35. The van der Waals surface area contributed by atoms with Gasteiger partial charge in [-0.05, 0) is 78.0 Å². The van der Waals surface area contributed by atoms with Gasteiger partial charge < -0.3 is 4.90 Å². The highest BCUT2D eigenvalue weighted by molar-refractivity contribution is 9.10. The van der Waals surface area contributed by atoms with Crippen LogP contribution in [0.1, 0.15) is 35.2 Å². The second-order valence-corrected chi connectivity index (χ2v) is 9.01. The fourth-order valence-corrected chi connectivity index (χ4v) is 4.59. The zero-order valence-electron chi connectivity index (χ0n) is 14.5. The predicted molar refractivity (Wildman–Crippen MR) is 106 cm³/mol. The molecule has 1 aliphatic heterocycles. The third kappa shape index (κ3) is 4.27. The van der Waals surface area contributed by atoms with Crippen molar-refractivity contribution in [3.8, 4) is 0 Å². The molecule has 1 aliphatic rings. The molecule has 2 aromatic rings. The molecule has 5 nitrogen and oxygen atoms in total. The maximum Gasteiger partial charge on any atom is 0.261 e. The van der Waals surface area contributed by atoms with E-state index in [0.29, 0.717) is 15.7 Å². The summed E-state index contributed by atoms with van der Waals surface area (Å²) in [7, 11) is -3.79. The van der Waals surface area contributed by atoms with Crippen LogP contribution in [0.2, 0.25) is 0 Å². The summed E-state index contributed by atoms with van der Waals surface area (Å²) in [4.78, 5) is 14.5. The van der Waals surface area contributed by atoms with Gasteiger partial charge in [0.15, 0.2) is 0 Å². The molecule has 26 heavy (non-hydrogen) atoms. The smallest absolute Gasteiger partial charge is 0.261 e. The molecule has 1 heterocycles. The van der Waals surface area contributed by atoms with Gasteiger partial charge in [0.1, 0.15) is 0 Å². The number of halogens is 1. The Balaban J connectivity index is 1.86. The van der Waals surface area contributed by atoms with Crippen LogP contribution in [0.4, 0.5) is 5.69 Å². The first-order valence-electron chi connectivity index (χ1n) is 8.55. The molecule has 1 fully saturated rings. The predicted octanol–water partition coefficient (Wildman–Crippen LogP) is 4.18. The molecule has 0 saturated carbocycles. The second kappa shape index (κ2) is 7.80. The molecule has 7 heteroatoms. The van der Waals surface area contributed by atoms with Crippen molar-refractivity contribution in [2.24, 2.45) is 0 Å². The Morgan fingerprint density at radius 2 is 1.81 bits per heavy atom. The average Bonchev–Trinajstić information content (AvgIpc) is 2.65. The van der Waals surface area contributed by atoms with Gasteiger partial charge in [-0.15, -0.1) is 0 Å². The maximum absolute atomic E-state index is 12.8. The fourth-order valence-electron chi connectivity index (χ4n) is 3.00. The van der Waals surface area contributed by atoms with E-state index in [9.17, 15) is 13.2 Å². The highest BCUT2D eigenvalue weighted by atomic mass is 79.9. The Hall–Kier alpha value is -1.86. The molecule has 138 valence electrons. The lowest BCUT2D eigenvalue weighted by atomic mass is 10.1. The van der Waals surface area contributed by atoms with Crippen LogP contribution in [0.25, 0.3) is 0 Å². The molecule has 0 aliphatic carbocycles. The fraction of sp³-hybridized carbons (Fsp3) is 0.316. The number of carbonyl (C=O) groups is 1. The minimum Gasteiger partial charge on any atom is -0.339 e. The van der Waals surface area contributed by atoms with Crippen molar-refractivity contribution in [2.75, 3.05) is 17.8 Å². The summed E-state index contributed by atoms with van der Waals surface area (Å²) in [6.07, 6.45) is 3.12. The average molecular weight is 437 g/mol. The van der Waals surface area contributed by atoms with Crippen molar-refractivity contribution >= 4 is 37.5 Å². The zero-order valence-corrected chi connectivity index (χ0v) is 16.9. The highest BCUT2D eigenvalue weighted by Crippen LogP contribution is 2.26. The lowest BCUT2D eigenvalue weighted by Gasteiger charge is -2.26. The van der Waals surface area contributed by atoms with E-state index in [-0.39, 0.29) is 10.8 Å². The summed E-state index contributed by atoms with van der Waals surface area (Å²) >= 11 is 3.36. The number of benzene rings is 2. The Bertz CT molecular complexity index is 922. The van der Waals surface area contributed by atoms with Crippen LogP contribution < -0.4 is 4.72 Å². The number of nitrogens with zero attached hydrogens (tertiary/aromatic N) is 1. The SMILES string of the molecule is Cc1ccc(Br)c(NS(=O)(=O)c2cccc(C(=O)N3CCCCC3)c2)c1. The molecule has 1 amide bonds.